The van der Waals surface area contributed by atoms with E-state index in [1.165, 1.54) is 0 Å². The summed E-state index contributed by atoms with van der Waals surface area (Å²) < 4.78 is 11.7. The molecule has 1 unspecified atom stereocenters. The van der Waals surface area contributed by atoms with Gasteiger partial charge in [0.05, 0.1) is 12.7 Å². The Labute approximate surface area is 133 Å². The molecule has 0 radical (unpaired) electrons. The second-order valence-electron chi connectivity index (χ2n) is 4.73. The Morgan fingerprint density at radius 2 is 1.76 bits per heavy atom. The van der Waals surface area contributed by atoms with Crippen LogP contribution < -0.4 is 4.74 Å². The van der Waals surface area contributed by atoms with Crippen LogP contribution in [0.15, 0.2) is 53.0 Å². The van der Waals surface area contributed by atoms with Crippen LogP contribution in [0.25, 0.3) is 0 Å². The van der Waals surface area contributed by atoms with E-state index in [2.05, 4.69) is 15.9 Å². The molecule has 0 saturated carbocycles. The highest BCUT2D eigenvalue weighted by molar-refractivity contribution is 9.10. The van der Waals surface area contributed by atoms with Gasteiger partial charge in [0.2, 0.25) is 0 Å². The van der Waals surface area contributed by atoms with Crippen LogP contribution in [0.5, 0.6) is 5.75 Å². The normalized spacial score (nSPS) is 12.1. The zero-order valence-electron chi connectivity index (χ0n) is 12.0. The standard InChI is InChI=1S/C17H19BrO3/c1-20-10-11-21-17-5-3-2-4-15(17)16(19)12-13-6-8-14(18)9-7-13/h2-9,16,19H,10-12H2,1H3. The maximum atomic E-state index is 10.5. The van der Waals surface area contributed by atoms with Crippen molar-refractivity contribution in [2.45, 2.75) is 12.5 Å². The molecule has 0 heterocycles. The molecule has 0 aromatic heterocycles. The molecule has 0 aliphatic heterocycles. The highest BCUT2D eigenvalue weighted by atomic mass is 79.9. The fraction of sp³-hybridized carbons (Fsp3) is 0.294. The van der Waals surface area contributed by atoms with Crippen LogP contribution in [0.2, 0.25) is 0 Å². The first-order chi connectivity index (χ1) is 10.2. The van der Waals surface area contributed by atoms with E-state index < -0.39 is 6.10 Å². The molecular formula is C17H19BrO3. The summed E-state index contributed by atoms with van der Waals surface area (Å²) in [5.74, 6) is 0.708. The molecule has 4 heteroatoms. The van der Waals surface area contributed by atoms with Gasteiger partial charge in [-0.05, 0) is 23.8 Å². The molecule has 0 spiro atoms. The molecular weight excluding hydrogens is 332 g/mol. The second kappa shape index (κ2) is 8.17. The number of ether oxygens (including phenoxy) is 2. The molecule has 0 aliphatic carbocycles. The minimum Gasteiger partial charge on any atom is -0.491 e. The molecule has 0 bridgehead atoms. The Hall–Kier alpha value is -1.36. The summed E-state index contributed by atoms with van der Waals surface area (Å²) in [6, 6.07) is 15.5. The van der Waals surface area contributed by atoms with E-state index in [-0.39, 0.29) is 0 Å². The number of rotatable bonds is 7. The second-order valence-corrected chi connectivity index (χ2v) is 5.64. The van der Waals surface area contributed by atoms with Crippen molar-refractivity contribution in [1.29, 1.82) is 0 Å². The zero-order chi connectivity index (χ0) is 15.1. The third-order valence-electron chi connectivity index (χ3n) is 3.17. The Morgan fingerprint density at radius 3 is 2.48 bits per heavy atom. The monoisotopic (exact) mass is 350 g/mol. The maximum absolute atomic E-state index is 10.5. The van der Waals surface area contributed by atoms with Gasteiger partial charge in [0.25, 0.3) is 0 Å². The fourth-order valence-electron chi connectivity index (χ4n) is 2.08. The van der Waals surface area contributed by atoms with Crippen LogP contribution in [-0.4, -0.2) is 25.4 Å². The fourth-order valence-corrected chi connectivity index (χ4v) is 2.34. The van der Waals surface area contributed by atoms with Crippen LogP contribution in [-0.2, 0) is 11.2 Å². The third-order valence-corrected chi connectivity index (χ3v) is 3.69. The maximum Gasteiger partial charge on any atom is 0.125 e. The van der Waals surface area contributed by atoms with Crippen LogP contribution in [0.3, 0.4) is 0 Å². The Kier molecular flexibility index (Phi) is 6.23. The number of methoxy groups -OCH3 is 1. The van der Waals surface area contributed by atoms with Gasteiger partial charge in [-0.2, -0.15) is 0 Å². The molecule has 2 rings (SSSR count). The Balaban J connectivity index is 2.07. The summed E-state index contributed by atoms with van der Waals surface area (Å²) in [5, 5.41) is 10.5. The average Bonchev–Trinajstić information content (AvgIpc) is 2.50. The lowest BCUT2D eigenvalue weighted by Gasteiger charge is -2.16. The molecule has 1 N–H and O–H groups in total. The zero-order valence-corrected chi connectivity index (χ0v) is 13.5. The van der Waals surface area contributed by atoms with Crippen LogP contribution in [0, 0.1) is 0 Å². The van der Waals surface area contributed by atoms with Gasteiger partial charge in [-0.25, -0.2) is 0 Å². The van der Waals surface area contributed by atoms with Crippen molar-refractivity contribution in [2.24, 2.45) is 0 Å². The lowest BCUT2D eigenvalue weighted by Crippen LogP contribution is -2.09. The third kappa shape index (κ3) is 4.84. The van der Waals surface area contributed by atoms with E-state index in [1.54, 1.807) is 7.11 Å². The first-order valence-electron chi connectivity index (χ1n) is 6.84. The molecule has 2 aromatic rings. The van der Waals surface area contributed by atoms with Crippen molar-refractivity contribution < 1.29 is 14.6 Å². The van der Waals surface area contributed by atoms with Gasteiger partial charge in [0, 0.05) is 23.6 Å². The smallest absolute Gasteiger partial charge is 0.125 e. The van der Waals surface area contributed by atoms with Gasteiger partial charge in [0.1, 0.15) is 12.4 Å². The Morgan fingerprint density at radius 1 is 1.05 bits per heavy atom. The number of para-hydroxylation sites is 1. The van der Waals surface area contributed by atoms with Crippen molar-refractivity contribution in [3.63, 3.8) is 0 Å². The van der Waals surface area contributed by atoms with E-state index in [4.69, 9.17) is 9.47 Å². The van der Waals surface area contributed by atoms with Gasteiger partial charge in [-0.3, -0.25) is 0 Å². The minimum atomic E-state index is -0.593. The van der Waals surface area contributed by atoms with Crippen LogP contribution >= 0.6 is 15.9 Å². The summed E-state index contributed by atoms with van der Waals surface area (Å²) in [7, 11) is 1.64. The number of hydrogen-bond acceptors (Lipinski definition) is 3. The number of hydrogen-bond donors (Lipinski definition) is 1. The van der Waals surface area contributed by atoms with Crippen molar-refractivity contribution in [2.75, 3.05) is 20.3 Å². The summed E-state index contributed by atoms with van der Waals surface area (Å²) in [4.78, 5) is 0. The van der Waals surface area contributed by atoms with E-state index >= 15 is 0 Å². The van der Waals surface area contributed by atoms with E-state index in [0.29, 0.717) is 25.4 Å². The van der Waals surface area contributed by atoms with Crippen LogP contribution in [0.1, 0.15) is 17.2 Å². The van der Waals surface area contributed by atoms with Gasteiger partial charge < -0.3 is 14.6 Å². The molecule has 0 aliphatic rings. The van der Waals surface area contributed by atoms with E-state index in [1.807, 2.05) is 48.5 Å². The van der Waals surface area contributed by atoms with Crippen molar-refractivity contribution in [3.8, 4) is 5.75 Å². The first kappa shape index (κ1) is 16.0. The van der Waals surface area contributed by atoms with Crippen molar-refractivity contribution in [1.82, 2.24) is 0 Å². The molecule has 112 valence electrons. The van der Waals surface area contributed by atoms with E-state index in [9.17, 15) is 5.11 Å². The summed E-state index contributed by atoms with van der Waals surface area (Å²) >= 11 is 3.41. The number of aliphatic hydroxyl groups excluding tert-OH is 1. The number of aliphatic hydroxyl groups is 1. The van der Waals surface area contributed by atoms with Gasteiger partial charge >= 0.3 is 0 Å². The lowest BCUT2D eigenvalue weighted by molar-refractivity contribution is 0.138. The van der Waals surface area contributed by atoms with Crippen molar-refractivity contribution >= 4 is 15.9 Å². The molecule has 0 amide bonds. The SMILES string of the molecule is COCCOc1ccccc1C(O)Cc1ccc(Br)cc1. The topological polar surface area (TPSA) is 38.7 Å². The van der Waals surface area contributed by atoms with Crippen molar-refractivity contribution in [3.05, 3.63) is 64.1 Å². The molecule has 0 fully saturated rings. The Bertz CT molecular complexity index is 554. The van der Waals surface area contributed by atoms with E-state index in [0.717, 1.165) is 15.6 Å². The predicted molar refractivity (Wildman–Crippen MR) is 86.6 cm³/mol. The molecule has 3 nitrogen and oxygen atoms in total. The molecule has 1 atom stereocenters. The van der Waals surface area contributed by atoms with Crippen LogP contribution in [0.4, 0.5) is 0 Å². The highest BCUT2D eigenvalue weighted by Gasteiger charge is 2.13. The molecule has 0 saturated heterocycles. The summed E-state index contributed by atoms with van der Waals surface area (Å²) in [5.41, 5.74) is 1.88. The quantitative estimate of drug-likeness (QED) is 0.773. The molecule has 21 heavy (non-hydrogen) atoms. The van der Waals surface area contributed by atoms with Gasteiger partial charge in [-0.15, -0.1) is 0 Å². The molecule has 2 aromatic carbocycles. The lowest BCUT2D eigenvalue weighted by atomic mass is 10.0. The first-order valence-corrected chi connectivity index (χ1v) is 7.63. The summed E-state index contributed by atoms with van der Waals surface area (Å²) in [6.07, 6.45) is -0.0392. The largest absolute Gasteiger partial charge is 0.491 e. The highest BCUT2D eigenvalue weighted by Crippen LogP contribution is 2.27. The number of halogens is 1. The number of benzene rings is 2. The summed E-state index contributed by atoms with van der Waals surface area (Å²) in [6.45, 7) is 0.996. The predicted octanol–water partition coefficient (Wildman–Crippen LogP) is 3.75. The average molecular weight is 351 g/mol. The minimum absolute atomic E-state index is 0.471. The van der Waals surface area contributed by atoms with Gasteiger partial charge in [-0.1, -0.05) is 46.3 Å². The van der Waals surface area contributed by atoms with Gasteiger partial charge in [0.15, 0.2) is 0 Å².